The zero-order chi connectivity index (χ0) is 19.7. The fourth-order valence-electron chi connectivity index (χ4n) is 3.74. The number of morpholine rings is 1. The molecule has 1 aromatic heterocycles. The summed E-state index contributed by atoms with van der Waals surface area (Å²) in [5.41, 5.74) is 0.799. The van der Waals surface area contributed by atoms with E-state index in [1.54, 1.807) is 34.5 Å². The monoisotopic (exact) mass is 424 g/mol. The third-order valence-electron chi connectivity index (χ3n) is 5.17. The number of hydrogen-bond acceptors (Lipinski definition) is 5. The van der Waals surface area contributed by atoms with Crippen LogP contribution in [-0.2, 0) is 19.6 Å². The third kappa shape index (κ3) is 3.71. The molecule has 2 aliphatic heterocycles. The Kier molecular flexibility index (Phi) is 5.50. The van der Waals surface area contributed by atoms with Crippen molar-refractivity contribution in [1.29, 1.82) is 0 Å². The molecule has 4 rings (SSSR count). The van der Waals surface area contributed by atoms with Crippen LogP contribution in [0.4, 0.5) is 4.39 Å². The average molecular weight is 425 g/mol. The van der Waals surface area contributed by atoms with Gasteiger partial charge in [0.2, 0.25) is 5.91 Å². The Morgan fingerprint density at radius 3 is 2.68 bits per heavy atom. The molecule has 2 aromatic rings. The molecule has 0 aliphatic carbocycles. The van der Waals surface area contributed by atoms with Crippen LogP contribution in [0.3, 0.4) is 0 Å². The van der Waals surface area contributed by atoms with Gasteiger partial charge in [0.25, 0.3) is 10.0 Å². The van der Waals surface area contributed by atoms with Crippen LogP contribution in [0.25, 0.3) is 0 Å². The first-order valence-corrected chi connectivity index (χ1v) is 11.5. The SMILES string of the molecule is O=C(C1CCCN1S(=O)(=O)c1cccs1)N1CCOC(c2ccc(F)cc2)C1. The maximum atomic E-state index is 13.2. The normalized spacial score (nSPS) is 23.8. The van der Waals surface area contributed by atoms with Crippen molar-refractivity contribution in [3.63, 3.8) is 0 Å². The first-order valence-electron chi connectivity index (χ1n) is 9.18. The van der Waals surface area contributed by atoms with Crippen molar-refractivity contribution in [3.05, 3.63) is 53.2 Å². The van der Waals surface area contributed by atoms with E-state index in [1.165, 1.54) is 16.4 Å². The summed E-state index contributed by atoms with van der Waals surface area (Å²) in [6, 6.07) is 8.61. The Labute approximate surface area is 167 Å². The molecule has 2 unspecified atom stereocenters. The van der Waals surface area contributed by atoms with Crippen molar-refractivity contribution in [1.82, 2.24) is 9.21 Å². The maximum Gasteiger partial charge on any atom is 0.253 e. The van der Waals surface area contributed by atoms with E-state index in [1.807, 2.05) is 0 Å². The molecular formula is C19H21FN2O4S2. The van der Waals surface area contributed by atoms with Gasteiger partial charge in [0.05, 0.1) is 13.2 Å². The molecule has 28 heavy (non-hydrogen) atoms. The summed E-state index contributed by atoms with van der Waals surface area (Å²) < 4.78 is 46.4. The van der Waals surface area contributed by atoms with Crippen LogP contribution >= 0.6 is 11.3 Å². The van der Waals surface area contributed by atoms with E-state index < -0.39 is 16.1 Å². The fourth-order valence-corrected chi connectivity index (χ4v) is 6.51. The minimum atomic E-state index is -3.67. The number of ether oxygens (including phenoxy) is 1. The van der Waals surface area contributed by atoms with Crippen molar-refractivity contribution >= 4 is 27.3 Å². The molecule has 2 atom stereocenters. The minimum absolute atomic E-state index is 0.187. The largest absolute Gasteiger partial charge is 0.370 e. The topological polar surface area (TPSA) is 66.9 Å². The fraction of sp³-hybridized carbons (Fsp3) is 0.421. The highest BCUT2D eigenvalue weighted by atomic mass is 32.2. The van der Waals surface area contributed by atoms with Crippen LogP contribution in [-0.4, -0.2) is 55.8 Å². The van der Waals surface area contributed by atoms with Crippen LogP contribution in [0.15, 0.2) is 46.0 Å². The van der Waals surface area contributed by atoms with Gasteiger partial charge < -0.3 is 9.64 Å². The lowest BCUT2D eigenvalue weighted by Gasteiger charge is -2.36. The zero-order valence-electron chi connectivity index (χ0n) is 15.2. The van der Waals surface area contributed by atoms with Gasteiger partial charge in [-0.25, -0.2) is 12.8 Å². The Bertz CT molecular complexity index is 931. The van der Waals surface area contributed by atoms with E-state index in [2.05, 4.69) is 0 Å². The number of carbonyl (C=O) groups excluding carboxylic acids is 1. The summed E-state index contributed by atoms with van der Waals surface area (Å²) in [6.45, 7) is 1.45. The second kappa shape index (κ2) is 7.90. The second-order valence-corrected chi connectivity index (χ2v) is 9.97. The summed E-state index contributed by atoms with van der Waals surface area (Å²) in [4.78, 5) is 14.8. The first-order chi connectivity index (χ1) is 13.5. The molecule has 3 heterocycles. The van der Waals surface area contributed by atoms with Gasteiger partial charge in [0.15, 0.2) is 0 Å². The zero-order valence-corrected chi connectivity index (χ0v) is 16.8. The molecule has 0 saturated carbocycles. The molecule has 0 spiro atoms. The Balaban J connectivity index is 1.51. The highest BCUT2D eigenvalue weighted by Crippen LogP contribution is 2.31. The predicted octanol–water partition coefficient (Wildman–Crippen LogP) is 2.64. The smallest absolute Gasteiger partial charge is 0.253 e. The van der Waals surface area contributed by atoms with Crippen molar-refractivity contribution in [3.8, 4) is 0 Å². The highest BCUT2D eigenvalue weighted by Gasteiger charge is 2.42. The Morgan fingerprint density at radius 1 is 1.18 bits per heavy atom. The van der Waals surface area contributed by atoms with Crippen LogP contribution in [0.5, 0.6) is 0 Å². The first kappa shape index (κ1) is 19.5. The number of halogens is 1. The molecule has 6 nitrogen and oxygen atoms in total. The lowest BCUT2D eigenvalue weighted by molar-refractivity contribution is -0.142. The van der Waals surface area contributed by atoms with Crippen LogP contribution in [0.1, 0.15) is 24.5 Å². The molecule has 0 radical (unpaired) electrons. The number of thiophene rings is 1. The molecule has 1 amide bonds. The predicted molar refractivity (Wildman–Crippen MR) is 103 cm³/mol. The summed E-state index contributed by atoms with van der Waals surface area (Å²) in [5.74, 6) is -0.513. The van der Waals surface area contributed by atoms with Crippen LogP contribution in [0.2, 0.25) is 0 Å². The molecule has 9 heteroatoms. The van der Waals surface area contributed by atoms with Crippen LogP contribution in [0, 0.1) is 5.82 Å². The highest BCUT2D eigenvalue weighted by molar-refractivity contribution is 7.91. The second-order valence-electron chi connectivity index (χ2n) is 6.90. The quantitative estimate of drug-likeness (QED) is 0.757. The van der Waals surface area contributed by atoms with E-state index in [0.717, 1.165) is 16.9 Å². The van der Waals surface area contributed by atoms with Gasteiger partial charge in [-0.15, -0.1) is 11.3 Å². The molecule has 0 N–H and O–H groups in total. The number of amides is 1. The van der Waals surface area contributed by atoms with Crippen molar-refractivity contribution < 1.29 is 22.3 Å². The lowest BCUT2D eigenvalue weighted by Crippen LogP contribution is -2.51. The standard InChI is InChI=1S/C19H21FN2O4S2/c20-15-7-5-14(6-8-15)17-13-21(10-11-26-17)19(23)16-3-1-9-22(16)28(24,25)18-4-2-12-27-18/h2,4-8,12,16-17H,1,3,9-11,13H2. The summed E-state index contributed by atoms with van der Waals surface area (Å²) in [5, 5.41) is 1.72. The molecule has 2 aliphatic rings. The van der Waals surface area contributed by atoms with E-state index in [0.29, 0.717) is 39.1 Å². The number of benzene rings is 1. The van der Waals surface area contributed by atoms with Gasteiger partial charge in [-0.05, 0) is 42.0 Å². The van der Waals surface area contributed by atoms with Gasteiger partial charge in [0, 0.05) is 13.1 Å². The summed E-state index contributed by atoms with van der Waals surface area (Å²) in [7, 11) is -3.67. The van der Waals surface area contributed by atoms with Gasteiger partial charge in [-0.1, -0.05) is 18.2 Å². The number of hydrogen-bond donors (Lipinski definition) is 0. The molecule has 1 aromatic carbocycles. The van der Waals surface area contributed by atoms with Crippen molar-refractivity contribution in [2.75, 3.05) is 26.2 Å². The molecule has 2 saturated heterocycles. The van der Waals surface area contributed by atoms with Crippen LogP contribution < -0.4 is 0 Å². The van der Waals surface area contributed by atoms with E-state index in [9.17, 15) is 17.6 Å². The summed E-state index contributed by atoms with van der Waals surface area (Å²) >= 11 is 1.16. The Hall–Kier alpha value is -1.81. The maximum absolute atomic E-state index is 13.2. The van der Waals surface area contributed by atoms with Crippen molar-refractivity contribution in [2.45, 2.75) is 29.2 Å². The number of rotatable bonds is 4. The lowest BCUT2D eigenvalue weighted by atomic mass is 10.1. The van der Waals surface area contributed by atoms with Gasteiger partial charge in [-0.2, -0.15) is 4.31 Å². The molecule has 150 valence electrons. The van der Waals surface area contributed by atoms with E-state index >= 15 is 0 Å². The molecular weight excluding hydrogens is 403 g/mol. The van der Waals surface area contributed by atoms with Gasteiger partial charge in [0.1, 0.15) is 22.2 Å². The average Bonchev–Trinajstić information content (AvgIpc) is 3.40. The van der Waals surface area contributed by atoms with E-state index in [4.69, 9.17) is 4.74 Å². The summed E-state index contributed by atoms with van der Waals surface area (Å²) in [6.07, 6.45) is 0.830. The number of carbonyl (C=O) groups is 1. The Morgan fingerprint density at radius 2 is 1.96 bits per heavy atom. The molecule has 0 bridgehead atoms. The van der Waals surface area contributed by atoms with Gasteiger partial charge in [-0.3, -0.25) is 4.79 Å². The van der Waals surface area contributed by atoms with Gasteiger partial charge >= 0.3 is 0 Å². The third-order valence-corrected chi connectivity index (χ3v) is 8.45. The number of sulfonamides is 1. The van der Waals surface area contributed by atoms with Crippen molar-refractivity contribution in [2.24, 2.45) is 0 Å². The minimum Gasteiger partial charge on any atom is -0.370 e. The number of nitrogens with zero attached hydrogens (tertiary/aromatic N) is 2. The molecule has 2 fully saturated rings. The van der Waals surface area contributed by atoms with E-state index in [-0.39, 0.29) is 22.0 Å².